The minimum absolute atomic E-state index is 0.0752. The molecule has 0 atom stereocenters. The molecular formula is C22H15ClN2O3. The monoisotopic (exact) mass is 390 g/mol. The van der Waals surface area contributed by atoms with Crippen molar-refractivity contribution in [1.29, 1.82) is 0 Å². The number of phenolic OH excluding ortho intramolecular Hbond substituents is 1. The first kappa shape index (κ1) is 17.8. The second kappa shape index (κ2) is 7.58. The van der Waals surface area contributed by atoms with E-state index in [2.05, 4.69) is 10.5 Å². The zero-order valence-electron chi connectivity index (χ0n) is 14.6. The number of halogens is 1. The number of phenols is 1. The third kappa shape index (κ3) is 3.61. The Labute approximate surface area is 165 Å². The summed E-state index contributed by atoms with van der Waals surface area (Å²) in [5, 5.41) is 16.4. The van der Waals surface area contributed by atoms with Gasteiger partial charge in [0.15, 0.2) is 0 Å². The molecule has 5 nitrogen and oxygen atoms in total. The quantitative estimate of drug-likeness (QED) is 0.370. The molecule has 28 heavy (non-hydrogen) atoms. The molecule has 0 spiro atoms. The molecule has 1 aromatic heterocycles. The normalized spacial score (nSPS) is 11.2. The fourth-order valence-corrected chi connectivity index (χ4v) is 2.97. The van der Waals surface area contributed by atoms with Crippen molar-refractivity contribution < 1.29 is 14.3 Å². The molecule has 1 heterocycles. The van der Waals surface area contributed by atoms with Crippen molar-refractivity contribution in [3.63, 3.8) is 0 Å². The van der Waals surface area contributed by atoms with Crippen molar-refractivity contribution in [1.82, 2.24) is 5.43 Å². The zero-order chi connectivity index (χ0) is 19.5. The van der Waals surface area contributed by atoms with Gasteiger partial charge >= 0.3 is 0 Å². The Bertz CT molecular complexity index is 1180. The standard InChI is InChI=1S/C22H15ClN2O3/c23-16-8-5-15(6-9-16)20-12-10-17(28-20)13-24-25-22(27)19-11-7-14-3-1-2-4-18(14)21(19)26/h1-13,26H,(H,25,27)/b24-13-. The molecule has 0 saturated carbocycles. The largest absolute Gasteiger partial charge is 0.506 e. The number of furan rings is 1. The number of rotatable bonds is 4. The van der Waals surface area contributed by atoms with Crippen molar-refractivity contribution in [2.24, 2.45) is 5.10 Å². The van der Waals surface area contributed by atoms with Gasteiger partial charge in [-0.25, -0.2) is 5.43 Å². The summed E-state index contributed by atoms with van der Waals surface area (Å²) in [4.78, 5) is 12.3. The molecule has 1 amide bonds. The van der Waals surface area contributed by atoms with Crippen LogP contribution in [0.15, 0.2) is 82.3 Å². The molecule has 0 unspecified atom stereocenters. The number of aromatic hydroxyl groups is 1. The predicted octanol–water partition coefficient (Wildman–Crippen LogP) is 5.22. The highest BCUT2D eigenvalue weighted by molar-refractivity contribution is 6.30. The van der Waals surface area contributed by atoms with E-state index in [1.165, 1.54) is 6.21 Å². The van der Waals surface area contributed by atoms with Gasteiger partial charge in [0.1, 0.15) is 17.3 Å². The van der Waals surface area contributed by atoms with Gasteiger partial charge in [-0.3, -0.25) is 4.79 Å². The molecule has 0 bridgehead atoms. The Kier molecular flexibility index (Phi) is 4.83. The minimum Gasteiger partial charge on any atom is -0.506 e. The lowest BCUT2D eigenvalue weighted by molar-refractivity contribution is 0.0952. The van der Waals surface area contributed by atoms with Gasteiger partial charge in [-0.15, -0.1) is 0 Å². The fraction of sp³-hybridized carbons (Fsp3) is 0. The van der Waals surface area contributed by atoms with Gasteiger partial charge in [0.05, 0.1) is 11.8 Å². The summed E-state index contributed by atoms with van der Waals surface area (Å²) >= 11 is 5.89. The molecule has 0 aliphatic carbocycles. The number of nitrogens with zero attached hydrogens (tertiary/aromatic N) is 1. The molecule has 138 valence electrons. The van der Waals surface area contributed by atoms with E-state index in [0.29, 0.717) is 21.9 Å². The van der Waals surface area contributed by atoms with E-state index in [0.717, 1.165) is 10.9 Å². The van der Waals surface area contributed by atoms with Crippen LogP contribution >= 0.6 is 11.6 Å². The highest BCUT2D eigenvalue weighted by Crippen LogP contribution is 2.28. The van der Waals surface area contributed by atoms with Gasteiger partial charge in [-0.2, -0.15) is 5.10 Å². The molecule has 4 aromatic rings. The number of nitrogens with one attached hydrogen (secondary N) is 1. The average molecular weight is 391 g/mol. The molecule has 3 aromatic carbocycles. The number of amides is 1. The van der Waals surface area contributed by atoms with E-state index in [-0.39, 0.29) is 11.3 Å². The smallest absolute Gasteiger partial charge is 0.275 e. The summed E-state index contributed by atoms with van der Waals surface area (Å²) in [6, 6.07) is 21.5. The molecule has 6 heteroatoms. The Morgan fingerprint density at radius 2 is 1.79 bits per heavy atom. The molecule has 0 aliphatic rings. The van der Waals surface area contributed by atoms with E-state index in [1.807, 2.05) is 30.3 Å². The molecular weight excluding hydrogens is 376 g/mol. The lowest BCUT2D eigenvalue weighted by Crippen LogP contribution is -2.17. The summed E-state index contributed by atoms with van der Waals surface area (Å²) in [6.07, 6.45) is 1.40. The number of hydrogen-bond donors (Lipinski definition) is 2. The Balaban J connectivity index is 1.47. The third-order valence-electron chi connectivity index (χ3n) is 4.26. The van der Waals surface area contributed by atoms with Crippen LogP contribution in [0.1, 0.15) is 16.1 Å². The topological polar surface area (TPSA) is 74.8 Å². The summed E-state index contributed by atoms with van der Waals surface area (Å²) in [5.74, 6) is 0.558. The van der Waals surface area contributed by atoms with Crippen LogP contribution in [0.4, 0.5) is 0 Å². The van der Waals surface area contributed by atoms with Gasteiger partial charge in [0, 0.05) is 16.0 Å². The second-order valence-electron chi connectivity index (χ2n) is 6.09. The van der Waals surface area contributed by atoms with Crippen molar-refractivity contribution in [3.8, 4) is 17.1 Å². The van der Waals surface area contributed by atoms with Gasteiger partial charge in [0.2, 0.25) is 0 Å². The van der Waals surface area contributed by atoms with Gasteiger partial charge in [-0.1, -0.05) is 41.9 Å². The maximum atomic E-state index is 12.3. The first-order valence-electron chi connectivity index (χ1n) is 8.52. The molecule has 0 aliphatic heterocycles. The van der Waals surface area contributed by atoms with Gasteiger partial charge < -0.3 is 9.52 Å². The van der Waals surface area contributed by atoms with Crippen LogP contribution < -0.4 is 5.43 Å². The Hall–Kier alpha value is -3.57. The van der Waals surface area contributed by atoms with E-state index >= 15 is 0 Å². The molecule has 0 fully saturated rings. The van der Waals surface area contributed by atoms with Crippen molar-refractivity contribution in [2.75, 3.05) is 0 Å². The molecule has 2 N–H and O–H groups in total. The van der Waals surface area contributed by atoms with Crippen molar-refractivity contribution in [2.45, 2.75) is 0 Å². The maximum absolute atomic E-state index is 12.3. The molecule has 0 saturated heterocycles. The summed E-state index contributed by atoms with van der Waals surface area (Å²) in [5.41, 5.74) is 3.44. The van der Waals surface area contributed by atoms with Crippen molar-refractivity contribution >= 4 is 34.5 Å². The SMILES string of the molecule is O=C(N/N=C\c1ccc(-c2ccc(Cl)cc2)o1)c1ccc2ccccc2c1O. The third-order valence-corrected chi connectivity index (χ3v) is 4.51. The predicted molar refractivity (Wildman–Crippen MR) is 110 cm³/mol. The number of fused-ring (bicyclic) bond motifs is 1. The highest BCUT2D eigenvalue weighted by atomic mass is 35.5. The maximum Gasteiger partial charge on any atom is 0.275 e. The number of carbonyl (C=O) groups is 1. The fourth-order valence-electron chi connectivity index (χ4n) is 2.84. The lowest BCUT2D eigenvalue weighted by atomic mass is 10.1. The number of hydrazone groups is 1. The van der Waals surface area contributed by atoms with Gasteiger partial charge in [0.25, 0.3) is 5.91 Å². The molecule has 0 radical (unpaired) electrons. The van der Waals surface area contributed by atoms with Crippen LogP contribution in [-0.4, -0.2) is 17.2 Å². The summed E-state index contributed by atoms with van der Waals surface area (Å²) in [6.45, 7) is 0. The van der Waals surface area contributed by atoms with Crippen LogP contribution in [0.2, 0.25) is 5.02 Å². The highest BCUT2D eigenvalue weighted by Gasteiger charge is 2.13. The number of hydrogen-bond acceptors (Lipinski definition) is 4. The Morgan fingerprint density at radius 3 is 2.61 bits per heavy atom. The van der Waals surface area contributed by atoms with Crippen molar-refractivity contribution in [3.05, 3.63) is 89.1 Å². The van der Waals surface area contributed by atoms with Crippen LogP contribution in [0.25, 0.3) is 22.1 Å². The van der Waals surface area contributed by atoms with E-state index in [9.17, 15) is 9.90 Å². The zero-order valence-corrected chi connectivity index (χ0v) is 15.4. The lowest BCUT2D eigenvalue weighted by Gasteiger charge is -2.06. The van der Waals surface area contributed by atoms with Crippen LogP contribution in [0.5, 0.6) is 5.75 Å². The second-order valence-corrected chi connectivity index (χ2v) is 6.53. The average Bonchev–Trinajstić information content (AvgIpc) is 3.18. The summed E-state index contributed by atoms with van der Waals surface area (Å²) in [7, 11) is 0. The minimum atomic E-state index is -0.510. The van der Waals surface area contributed by atoms with E-state index in [4.69, 9.17) is 16.0 Å². The summed E-state index contributed by atoms with van der Waals surface area (Å²) < 4.78 is 5.69. The first-order valence-corrected chi connectivity index (χ1v) is 8.89. The number of carbonyl (C=O) groups excluding carboxylic acids is 1. The Morgan fingerprint density at radius 1 is 1.00 bits per heavy atom. The first-order chi connectivity index (χ1) is 13.6. The van der Waals surface area contributed by atoms with Crippen LogP contribution in [0.3, 0.4) is 0 Å². The van der Waals surface area contributed by atoms with Crippen LogP contribution in [0, 0.1) is 0 Å². The van der Waals surface area contributed by atoms with Crippen LogP contribution in [-0.2, 0) is 0 Å². The van der Waals surface area contributed by atoms with E-state index in [1.54, 1.807) is 42.5 Å². The molecule has 4 rings (SSSR count). The van der Waals surface area contributed by atoms with Gasteiger partial charge in [-0.05, 0) is 47.9 Å². The van der Waals surface area contributed by atoms with E-state index < -0.39 is 5.91 Å². The number of benzene rings is 3.